The normalized spacial score (nSPS) is 15.2. The van der Waals surface area contributed by atoms with Crippen molar-refractivity contribution in [3.05, 3.63) is 88.4 Å². The molecule has 1 aliphatic rings. The van der Waals surface area contributed by atoms with Gasteiger partial charge in [-0.25, -0.2) is 8.42 Å². The number of amides is 2. The zero-order valence-electron chi connectivity index (χ0n) is 21.2. The fourth-order valence-electron chi connectivity index (χ4n) is 4.25. The third kappa shape index (κ3) is 6.53. The second-order valence-electron chi connectivity index (χ2n) is 9.19. The molecule has 0 spiro atoms. The van der Waals surface area contributed by atoms with E-state index in [1.807, 2.05) is 6.92 Å². The van der Waals surface area contributed by atoms with E-state index in [0.717, 1.165) is 22.7 Å². The van der Waals surface area contributed by atoms with E-state index in [4.69, 9.17) is 16.3 Å². The molecule has 200 valence electrons. The number of rotatable bonds is 9. The number of anilines is 2. The Morgan fingerprint density at radius 2 is 1.79 bits per heavy atom. The number of nitrogens with one attached hydrogen (secondary N) is 2. The summed E-state index contributed by atoms with van der Waals surface area (Å²) in [6.45, 7) is 4.14. The molecule has 0 saturated carbocycles. The minimum atomic E-state index is -4.10. The van der Waals surface area contributed by atoms with Crippen LogP contribution in [0.1, 0.15) is 34.3 Å². The summed E-state index contributed by atoms with van der Waals surface area (Å²) in [5, 5.41) is 6.02. The molecule has 8 nitrogen and oxygen atoms in total. The average molecular weight is 556 g/mol. The van der Waals surface area contributed by atoms with Crippen LogP contribution in [0.4, 0.5) is 11.4 Å². The lowest BCUT2D eigenvalue weighted by Gasteiger charge is -2.26. The largest absolute Gasteiger partial charge is 0.376 e. The fourth-order valence-corrected chi connectivity index (χ4v) is 5.97. The van der Waals surface area contributed by atoms with Crippen molar-refractivity contribution in [2.45, 2.75) is 37.7 Å². The first kappa shape index (κ1) is 27.6. The zero-order valence-corrected chi connectivity index (χ0v) is 22.8. The third-order valence-corrected chi connectivity index (χ3v) is 8.29. The number of aryl methyl sites for hydroxylation is 2. The Balaban J connectivity index is 1.58. The maximum Gasteiger partial charge on any atom is 0.264 e. The highest BCUT2D eigenvalue weighted by Crippen LogP contribution is 2.29. The van der Waals surface area contributed by atoms with Crippen molar-refractivity contribution in [2.24, 2.45) is 0 Å². The lowest BCUT2D eigenvalue weighted by atomic mass is 10.1. The highest BCUT2D eigenvalue weighted by molar-refractivity contribution is 7.92. The number of halogens is 1. The molecule has 0 aliphatic carbocycles. The summed E-state index contributed by atoms with van der Waals surface area (Å²) in [6.07, 6.45) is 1.82. The standard InChI is InChI=1S/C28H30ClN3O5S/c1-19-9-12-23(13-10-19)38(35,36)32(26-14-11-21(29)16-20(26)2)18-27(33)31-25-8-4-3-7-24(25)28(34)30-17-22-6-5-15-37-22/h3-4,7-14,16,22H,5-6,15,17-18H2,1-2H3,(H,30,34)(H,31,33)/t22-/m0/s1. The second-order valence-corrected chi connectivity index (χ2v) is 11.5. The van der Waals surface area contributed by atoms with Gasteiger partial charge in [0.1, 0.15) is 6.54 Å². The van der Waals surface area contributed by atoms with Crippen LogP contribution in [0.3, 0.4) is 0 Å². The van der Waals surface area contributed by atoms with Crippen LogP contribution in [-0.2, 0) is 19.6 Å². The number of para-hydroxylation sites is 1. The number of benzene rings is 3. The predicted octanol–water partition coefficient (Wildman–Crippen LogP) is 4.70. The number of nitrogens with zero attached hydrogens (tertiary/aromatic N) is 1. The Morgan fingerprint density at radius 3 is 2.47 bits per heavy atom. The van der Waals surface area contributed by atoms with Crippen molar-refractivity contribution in [1.82, 2.24) is 5.32 Å². The van der Waals surface area contributed by atoms with Gasteiger partial charge in [0, 0.05) is 18.2 Å². The summed E-state index contributed by atoms with van der Waals surface area (Å²) in [5.74, 6) is -0.955. The molecule has 0 bridgehead atoms. The van der Waals surface area contributed by atoms with Crippen molar-refractivity contribution >= 4 is 44.8 Å². The van der Waals surface area contributed by atoms with Crippen LogP contribution in [0, 0.1) is 13.8 Å². The molecular formula is C28H30ClN3O5S. The van der Waals surface area contributed by atoms with E-state index >= 15 is 0 Å². The average Bonchev–Trinajstić information content (AvgIpc) is 3.41. The van der Waals surface area contributed by atoms with E-state index < -0.39 is 22.5 Å². The minimum Gasteiger partial charge on any atom is -0.376 e. The maximum atomic E-state index is 13.7. The Kier molecular flexibility index (Phi) is 8.71. The van der Waals surface area contributed by atoms with Gasteiger partial charge in [0.25, 0.3) is 15.9 Å². The van der Waals surface area contributed by atoms with Gasteiger partial charge in [0.2, 0.25) is 5.91 Å². The fraction of sp³-hybridized carbons (Fsp3) is 0.286. The summed E-state index contributed by atoms with van der Waals surface area (Å²) in [4.78, 5) is 26.2. The summed E-state index contributed by atoms with van der Waals surface area (Å²) in [7, 11) is -4.10. The predicted molar refractivity (Wildman–Crippen MR) is 148 cm³/mol. The van der Waals surface area contributed by atoms with Gasteiger partial charge in [-0.15, -0.1) is 0 Å². The molecule has 2 amide bonds. The monoisotopic (exact) mass is 555 g/mol. The first-order chi connectivity index (χ1) is 18.1. The van der Waals surface area contributed by atoms with Crippen LogP contribution < -0.4 is 14.9 Å². The van der Waals surface area contributed by atoms with E-state index in [-0.39, 0.29) is 28.2 Å². The molecule has 38 heavy (non-hydrogen) atoms. The molecule has 10 heteroatoms. The van der Waals surface area contributed by atoms with E-state index in [0.29, 0.717) is 29.4 Å². The molecule has 4 rings (SSSR count). The quantitative estimate of drug-likeness (QED) is 0.398. The van der Waals surface area contributed by atoms with Crippen molar-refractivity contribution in [2.75, 3.05) is 29.3 Å². The highest BCUT2D eigenvalue weighted by atomic mass is 35.5. The molecule has 1 saturated heterocycles. The van der Waals surface area contributed by atoms with Gasteiger partial charge < -0.3 is 15.4 Å². The molecular weight excluding hydrogens is 526 g/mol. The van der Waals surface area contributed by atoms with Gasteiger partial charge in [-0.1, -0.05) is 41.4 Å². The van der Waals surface area contributed by atoms with Crippen LogP contribution >= 0.6 is 11.6 Å². The van der Waals surface area contributed by atoms with E-state index in [9.17, 15) is 18.0 Å². The Bertz CT molecular complexity index is 1420. The number of hydrogen-bond acceptors (Lipinski definition) is 5. The molecule has 3 aromatic rings. The summed E-state index contributed by atoms with van der Waals surface area (Å²) in [5.41, 5.74) is 2.38. The van der Waals surface area contributed by atoms with E-state index in [1.165, 1.54) is 12.1 Å². The topological polar surface area (TPSA) is 105 Å². The van der Waals surface area contributed by atoms with E-state index in [1.54, 1.807) is 61.5 Å². The first-order valence-electron chi connectivity index (χ1n) is 12.3. The number of sulfonamides is 1. The molecule has 0 unspecified atom stereocenters. The summed E-state index contributed by atoms with van der Waals surface area (Å²) in [6, 6.07) is 17.8. The Labute approximate surface area is 228 Å². The minimum absolute atomic E-state index is 0.0242. The van der Waals surface area contributed by atoms with Gasteiger partial charge >= 0.3 is 0 Å². The van der Waals surface area contributed by atoms with Crippen LogP contribution in [0.25, 0.3) is 0 Å². The number of carbonyl (C=O) groups excluding carboxylic acids is 2. The molecule has 1 heterocycles. The van der Waals surface area contributed by atoms with Gasteiger partial charge in [0.15, 0.2) is 0 Å². The molecule has 0 radical (unpaired) electrons. The SMILES string of the molecule is Cc1ccc(S(=O)(=O)N(CC(=O)Nc2ccccc2C(=O)NC[C@@H]2CCCO2)c2ccc(Cl)cc2C)cc1. The Hall–Kier alpha value is -3.40. The molecule has 1 atom stereocenters. The van der Waals surface area contributed by atoms with Crippen molar-refractivity contribution < 1.29 is 22.7 Å². The third-order valence-electron chi connectivity index (χ3n) is 6.28. The van der Waals surface area contributed by atoms with E-state index in [2.05, 4.69) is 10.6 Å². The van der Waals surface area contributed by atoms with Crippen molar-refractivity contribution in [3.63, 3.8) is 0 Å². The number of carbonyl (C=O) groups is 2. The molecule has 1 fully saturated rings. The van der Waals surface area contributed by atoms with Crippen molar-refractivity contribution in [1.29, 1.82) is 0 Å². The van der Waals surface area contributed by atoms with Crippen LogP contribution in [0.5, 0.6) is 0 Å². The van der Waals surface area contributed by atoms with Gasteiger partial charge in [-0.05, 0) is 74.7 Å². The Morgan fingerprint density at radius 1 is 1.05 bits per heavy atom. The smallest absolute Gasteiger partial charge is 0.264 e. The van der Waals surface area contributed by atoms with Gasteiger partial charge in [-0.3, -0.25) is 13.9 Å². The van der Waals surface area contributed by atoms with Crippen molar-refractivity contribution in [3.8, 4) is 0 Å². The first-order valence-corrected chi connectivity index (χ1v) is 14.1. The molecule has 0 aromatic heterocycles. The molecule has 2 N–H and O–H groups in total. The number of ether oxygens (including phenoxy) is 1. The zero-order chi connectivity index (χ0) is 27.3. The molecule has 1 aliphatic heterocycles. The molecule has 3 aromatic carbocycles. The maximum absolute atomic E-state index is 13.7. The van der Waals surface area contributed by atoms with Crippen LogP contribution in [0.15, 0.2) is 71.6 Å². The highest BCUT2D eigenvalue weighted by Gasteiger charge is 2.29. The van der Waals surface area contributed by atoms with Crippen LogP contribution in [-0.4, -0.2) is 46.0 Å². The number of hydrogen-bond donors (Lipinski definition) is 2. The summed E-state index contributed by atoms with van der Waals surface area (Å²) < 4.78 is 34.0. The second kappa shape index (κ2) is 12.0. The van der Waals surface area contributed by atoms with Gasteiger partial charge in [-0.2, -0.15) is 0 Å². The lowest BCUT2D eigenvalue weighted by molar-refractivity contribution is -0.114. The lowest BCUT2D eigenvalue weighted by Crippen LogP contribution is -2.39. The van der Waals surface area contributed by atoms with Gasteiger partial charge in [0.05, 0.1) is 27.9 Å². The summed E-state index contributed by atoms with van der Waals surface area (Å²) >= 11 is 6.10. The van der Waals surface area contributed by atoms with Crippen LogP contribution in [0.2, 0.25) is 5.02 Å².